The minimum Gasteiger partial charge on any atom is -0.481 e. The molecule has 0 saturated carbocycles. The Kier molecular flexibility index (Phi) is 47.7. The van der Waals surface area contributed by atoms with Crippen LogP contribution in [-0.2, 0) is 28.6 Å². The number of nitrogens with one attached hydrogen (secondary N) is 3. The van der Waals surface area contributed by atoms with E-state index in [1.807, 2.05) is 0 Å². The van der Waals surface area contributed by atoms with E-state index < -0.39 is 42.2 Å². The summed E-state index contributed by atoms with van der Waals surface area (Å²) in [5.41, 5.74) is 0.841. The quantitative estimate of drug-likeness (QED) is 0.0336. The third-order valence-electron chi connectivity index (χ3n) is 17.1. The molecule has 1 saturated heterocycles. The number of ether oxygens (including phenoxy) is 3. The smallest absolute Gasteiger partial charge is 0.320 e. The van der Waals surface area contributed by atoms with Gasteiger partial charge in [0, 0.05) is 63.2 Å². The van der Waals surface area contributed by atoms with Crippen molar-refractivity contribution >= 4 is 29.7 Å². The monoisotopic (exact) mass is 1200 g/mol. The zero-order valence-electron chi connectivity index (χ0n) is 54.5. The highest BCUT2D eigenvalue weighted by Crippen LogP contribution is 2.40. The van der Waals surface area contributed by atoms with E-state index in [0.717, 1.165) is 70.8 Å². The van der Waals surface area contributed by atoms with Gasteiger partial charge in [-0.3, -0.25) is 29.3 Å². The fourth-order valence-electron chi connectivity index (χ4n) is 11.8. The van der Waals surface area contributed by atoms with Crippen LogP contribution < -0.4 is 16.0 Å². The molecule has 0 aromatic heterocycles. The SMILES string of the molecule is CCCCCCCCCCCCCCCCCCCC1(CCCCCCCCCCCCCCCCC)OC(CCOCCCCCCNC(=O)c2ccc(C(=O)NCCCC[C@@H](N[C@@H](CCC(=O)O)C(=O)O)C(=O)O)cc2)C(CCN(C)C)O1. The molecule has 15 nitrogen and oxygen atoms in total. The Bertz CT molecular complexity index is 1820. The van der Waals surface area contributed by atoms with Crippen molar-refractivity contribution in [2.24, 2.45) is 0 Å². The molecule has 6 N–H and O–H groups in total. The molecule has 5 atom stereocenters. The van der Waals surface area contributed by atoms with Crippen molar-refractivity contribution < 1.29 is 53.5 Å². The maximum Gasteiger partial charge on any atom is 0.320 e. The molecule has 2 amide bonds. The topological polar surface area (TPSA) is 213 Å². The number of carboxylic acids is 3. The molecular formula is C70H126N4O11. The van der Waals surface area contributed by atoms with Gasteiger partial charge in [0.15, 0.2) is 5.79 Å². The molecule has 1 aliphatic rings. The largest absolute Gasteiger partial charge is 0.481 e. The first-order chi connectivity index (χ1) is 41.3. The second-order valence-electron chi connectivity index (χ2n) is 25.2. The van der Waals surface area contributed by atoms with E-state index >= 15 is 0 Å². The first kappa shape index (κ1) is 77.5. The number of carbonyl (C=O) groups is 5. The Morgan fingerprint density at radius 3 is 1.21 bits per heavy atom. The maximum absolute atomic E-state index is 12.9. The number of hydrogen-bond acceptors (Lipinski definition) is 10. The molecule has 2 rings (SSSR count). The van der Waals surface area contributed by atoms with Crippen molar-refractivity contribution in [3.8, 4) is 0 Å². The van der Waals surface area contributed by atoms with Crippen LogP contribution in [0.1, 0.15) is 324 Å². The van der Waals surface area contributed by atoms with Gasteiger partial charge in [0.1, 0.15) is 12.1 Å². The molecule has 15 heteroatoms. The molecule has 1 heterocycles. The summed E-state index contributed by atoms with van der Waals surface area (Å²) in [4.78, 5) is 62.0. The van der Waals surface area contributed by atoms with Gasteiger partial charge in [0.05, 0.1) is 12.2 Å². The molecule has 1 aromatic rings. The van der Waals surface area contributed by atoms with Gasteiger partial charge in [0.2, 0.25) is 0 Å². The highest BCUT2D eigenvalue weighted by molar-refractivity contribution is 5.97. The molecule has 1 aromatic carbocycles. The van der Waals surface area contributed by atoms with Gasteiger partial charge in [-0.05, 0) is 103 Å². The number of aliphatic carboxylic acids is 3. The summed E-state index contributed by atoms with van der Waals surface area (Å²) in [5, 5.41) is 36.1. The number of unbranched alkanes of at least 4 members (excludes halogenated alkanes) is 34. The zero-order valence-corrected chi connectivity index (χ0v) is 54.5. The van der Waals surface area contributed by atoms with Crippen molar-refractivity contribution in [3.05, 3.63) is 35.4 Å². The molecule has 85 heavy (non-hydrogen) atoms. The van der Waals surface area contributed by atoms with Crippen molar-refractivity contribution in [2.75, 3.05) is 46.9 Å². The summed E-state index contributed by atoms with van der Waals surface area (Å²) in [7, 11) is 4.29. The Morgan fingerprint density at radius 2 is 0.824 bits per heavy atom. The minimum atomic E-state index is -1.32. The second kappa shape index (κ2) is 52.3. The van der Waals surface area contributed by atoms with Crippen LogP contribution in [0, 0.1) is 0 Å². The summed E-state index contributed by atoms with van der Waals surface area (Å²) in [6.07, 6.45) is 51.6. The lowest BCUT2D eigenvalue weighted by molar-refractivity contribution is -0.188. The van der Waals surface area contributed by atoms with E-state index in [9.17, 15) is 34.2 Å². The van der Waals surface area contributed by atoms with Crippen molar-refractivity contribution in [1.82, 2.24) is 20.9 Å². The van der Waals surface area contributed by atoms with Crippen molar-refractivity contribution in [2.45, 2.75) is 333 Å². The van der Waals surface area contributed by atoms with Gasteiger partial charge in [-0.1, -0.05) is 219 Å². The van der Waals surface area contributed by atoms with Crippen LogP contribution in [0.25, 0.3) is 0 Å². The van der Waals surface area contributed by atoms with Gasteiger partial charge in [0.25, 0.3) is 11.8 Å². The fraction of sp³-hybridized carbons (Fsp3) is 0.843. The normalized spacial score (nSPS) is 16.7. The lowest BCUT2D eigenvalue weighted by Crippen LogP contribution is -2.47. The van der Waals surface area contributed by atoms with Crippen LogP contribution >= 0.6 is 0 Å². The van der Waals surface area contributed by atoms with Gasteiger partial charge < -0.3 is 45.1 Å². The average molecular weight is 1200 g/mol. The van der Waals surface area contributed by atoms with Gasteiger partial charge >= 0.3 is 17.9 Å². The Labute approximate surface area is 517 Å². The summed E-state index contributed by atoms with van der Waals surface area (Å²) >= 11 is 0. The minimum absolute atomic E-state index is 0.0372. The maximum atomic E-state index is 12.9. The summed E-state index contributed by atoms with van der Waals surface area (Å²) in [6, 6.07) is 3.94. The number of carbonyl (C=O) groups excluding carboxylic acids is 2. The van der Waals surface area contributed by atoms with Crippen LogP contribution in [0.15, 0.2) is 24.3 Å². The van der Waals surface area contributed by atoms with E-state index in [-0.39, 0.29) is 43.4 Å². The average Bonchev–Trinajstić information content (AvgIpc) is 3.86. The van der Waals surface area contributed by atoms with E-state index in [0.29, 0.717) is 43.7 Å². The van der Waals surface area contributed by atoms with E-state index in [2.05, 4.69) is 48.8 Å². The number of benzene rings is 1. The summed E-state index contributed by atoms with van der Waals surface area (Å²) < 4.78 is 20.5. The molecule has 1 fully saturated rings. The zero-order chi connectivity index (χ0) is 61.9. The Morgan fingerprint density at radius 1 is 0.471 bits per heavy atom. The summed E-state index contributed by atoms with van der Waals surface area (Å²) in [5.74, 6) is -4.74. The predicted molar refractivity (Wildman–Crippen MR) is 346 cm³/mol. The molecule has 3 unspecified atom stereocenters. The van der Waals surface area contributed by atoms with Crippen LogP contribution in [0.3, 0.4) is 0 Å². The van der Waals surface area contributed by atoms with E-state index in [1.165, 1.54) is 193 Å². The Balaban J connectivity index is 1.73. The molecule has 0 aliphatic carbocycles. The number of nitrogens with zero attached hydrogens (tertiary/aromatic N) is 1. The first-order valence-electron chi connectivity index (χ1n) is 35.0. The number of carboxylic acid groups (broad SMARTS) is 3. The highest BCUT2D eigenvalue weighted by atomic mass is 16.8. The molecule has 0 bridgehead atoms. The lowest BCUT2D eigenvalue weighted by atomic mass is 9.98. The van der Waals surface area contributed by atoms with Gasteiger partial charge in [-0.15, -0.1) is 0 Å². The summed E-state index contributed by atoms with van der Waals surface area (Å²) in [6.45, 7) is 7.72. The molecular weight excluding hydrogens is 1070 g/mol. The van der Waals surface area contributed by atoms with Crippen LogP contribution in [0.5, 0.6) is 0 Å². The third-order valence-corrected chi connectivity index (χ3v) is 17.1. The molecule has 1 aliphatic heterocycles. The lowest BCUT2D eigenvalue weighted by Gasteiger charge is -2.29. The Hall–Kier alpha value is -3.63. The van der Waals surface area contributed by atoms with E-state index in [4.69, 9.17) is 19.3 Å². The molecule has 492 valence electrons. The van der Waals surface area contributed by atoms with Gasteiger partial charge in [-0.25, -0.2) is 0 Å². The predicted octanol–water partition coefficient (Wildman–Crippen LogP) is 16.4. The fourth-order valence-corrected chi connectivity index (χ4v) is 11.8. The van der Waals surface area contributed by atoms with Crippen LogP contribution in [-0.4, -0.2) is 127 Å². The highest BCUT2D eigenvalue weighted by Gasteiger charge is 2.46. The van der Waals surface area contributed by atoms with Gasteiger partial charge in [-0.2, -0.15) is 0 Å². The van der Waals surface area contributed by atoms with Crippen molar-refractivity contribution in [3.63, 3.8) is 0 Å². The standard InChI is InChI=1S/C70H126N4O11/c1-5-7-9-11-13-15-17-19-21-22-24-26-28-30-32-34-39-53-70(52-38-33-31-29-27-25-23-20-18-16-14-12-10-8-6-2)84-63(50-56-74(3)4)64(85-70)51-58-83-57-42-36-35-40-54-71-66(77)59-44-46-60(47-45-59)67(78)72-55-41-37-43-61(68(79)80)73-62(69(81)82)48-49-65(75)76/h44-47,61-64,73H,5-43,48-58H2,1-4H3,(H,71,77)(H,72,78)(H,75,76)(H,79,80)(H,81,82)/t61-,62+,63?,64?,70?/m1/s1. The number of amides is 2. The number of hydrogen-bond donors (Lipinski definition) is 6. The van der Waals surface area contributed by atoms with Crippen molar-refractivity contribution in [1.29, 1.82) is 0 Å². The first-order valence-corrected chi connectivity index (χ1v) is 35.0. The second-order valence-corrected chi connectivity index (χ2v) is 25.2. The molecule has 0 radical (unpaired) electrons. The van der Waals surface area contributed by atoms with Crippen LogP contribution in [0.4, 0.5) is 0 Å². The van der Waals surface area contributed by atoms with E-state index in [1.54, 1.807) is 24.3 Å². The van der Waals surface area contributed by atoms with Crippen LogP contribution in [0.2, 0.25) is 0 Å². The molecule has 0 spiro atoms. The number of rotatable bonds is 61. The third kappa shape index (κ3) is 41.3.